The van der Waals surface area contributed by atoms with Gasteiger partial charge in [0.25, 0.3) is 0 Å². The summed E-state index contributed by atoms with van der Waals surface area (Å²) < 4.78 is 14.8. The summed E-state index contributed by atoms with van der Waals surface area (Å²) in [6.45, 7) is 4.24. The minimum absolute atomic E-state index is 0.0748. The highest BCUT2D eigenvalue weighted by Crippen LogP contribution is 2.20. The van der Waals surface area contributed by atoms with E-state index in [9.17, 15) is 9.18 Å². The fraction of sp³-hybridized carbons (Fsp3) is 0.444. The van der Waals surface area contributed by atoms with Gasteiger partial charge in [-0.25, -0.2) is 4.39 Å². The van der Waals surface area contributed by atoms with Crippen LogP contribution in [0.5, 0.6) is 0 Å². The summed E-state index contributed by atoms with van der Waals surface area (Å²) >= 11 is 0. The maximum atomic E-state index is 13.0. The molecule has 5 nitrogen and oxygen atoms in total. The number of nitrogens with one attached hydrogen (secondary N) is 1. The topological polar surface area (TPSA) is 50.2 Å². The number of carbonyl (C=O) groups is 1. The van der Waals surface area contributed by atoms with Crippen LogP contribution < -0.4 is 10.2 Å². The van der Waals surface area contributed by atoms with E-state index < -0.39 is 0 Å². The van der Waals surface area contributed by atoms with Gasteiger partial charge >= 0.3 is 0 Å². The van der Waals surface area contributed by atoms with Crippen molar-refractivity contribution in [2.24, 2.45) is 5.92 Å². The zero-order chi connectivity index (χ0) is 16.9. The lowest BCUT2D eigenvalue weighted by Crippen LogP contribution is -2.46. The Morgan fingerprint density at radius 3 is 2.67 bits per heavy atom. The first-order valence-corrected chi connectivity index (χ1v) is 8.40. The molecule has 24 heavy (non-hydrogen) atoms. The molecular weight excluding hydrogens is 307 g/mol. The lowest BCUT2D eigenvalue weighted by atomic mass is 10.0. The molecule has 0 radical (unpaired) electrons. The minimum Gasteiger partial charge on any atom is -0.371 e. The number of piperidine rings is 1. The zero-order valence-electron chi connectivity index (χ0n) is 13.9. The number of aromatic nitrogens is 2. The number of anilines is 1. The molecule has 1 amide bonds. The summed E-state index contributed by atoms with van der Waals surface area (Å²) in [4.78, 5) is 14.6. The second-order valence-corrected chi connectivity index (χ2v) is 6.38. The highest BCUT2D eigenvalue weighted by atomic mass is 19.1. The monoisotopic (exact) mass is 330 g/mol. The quantitative estimate of drug-likeness (QED) is 0.916. The molecule has 3 rings (SSSR count). The second-order valence-electron chi connectivity index (χ2n) is 6.38. The summed E-state index contributed by atoms with van der Waals surface area (Å²) in [5.74, 6) is -0.252. The Hall–Kier alpha value is -2.37. The molecule has 0 unspecified atom stereocenters. The van der Waals surface area contributed by atoms with Crippen LogP contribution in [0.15, 0.2) is 42.7 Å². The molecule has 1 aliphatic rings. The van der Waals surface area contributed by atoms with Crippen molar-refractivity contribution in [1.82, 2.24) is 15.1 Å². The molecule has 1 aromatic heterocycles. The van der Waals surface area contributed by atoms with E-state index in [1.165, 1.54) is 12.1 Å². The van der Waals surface area contributed by atoms with Gasteiger partial charge in [0.15, 0.2) is 0 Å². The van der Waals surface area contributed by atoms with Crippen molar-refractivity contribution in [1.29, 1.82) is 0 Å². The van der Waals surface area contributed by atoms with Crippen LogP contribution in [0, 0.1) is 11.7 Å². The van der Waals surface area contributed by atoms with Crippen LogP contribution in [-0.4, -0.2) is 34.8 Å². The number of benzene rings is 1. The molecule has 2 heterocycles. The van der Waals surface area contributed by atoms with E-state index in [4.69, 9.17) is 0 Å². The van der Waals surface area contributed by atoms with Gasteiger partial charge < -0.3 is 10.2 Å². The van der Waals surface area contributed by atoms with Crippen LogP contribution in [0.2, 0.25) is 0 Å². The number of halogens is 1. The standard InChI is InChI=1S/C18H23FN4O/c1-14(13-23-10-2-9-20-23)18(24)21-16-7-11-22(12-8-16)17-5-3-15(19)4-6-17/h2-6,9-10,14,16H,7-8,11-13H2,1H3,(H,21,24)/t14-/m1/s1. The van der Waals surface area contributed by atoms with Gasteiger partial charge in [-0.15, -0.1) is 0 Å². The smallest absolute Gasteiger partial charge is 0.224 e. The Kier molecular flexibility index (Phi) is 5.13. The van der Waals surface area contributed by atoms with Crippen LogP contribution in [0.3, 0.4) is 0 Å². The Morgan fingerprint density at radius 2 is 2.04 bits per heavy atom. The molecule has 1 N–H and O–H groups in total. The molecule has 1 aliphatic heterocycles. The SMILES string of the molecule is C[C@H](Cn1cccn1)C(=O)NC1CCN(c2ccc(F)cc2)CC1. The van der Waals surface area contributed by atoms with Gasteiger partial charge in [0.05, 0.1) is 12.5 Å². The van der Waals surface area contributed by atoms with Gasteiger partial charge in [-0.05, 0) is 43.2 Å². The summed E-state index contributed by atoms with van der Waals surface area (Å²) in [6.07, 6.45) is 5.38. The molecule has 1 atom stereocenters. The predicted octanol–water partition coefficient (Wildman–Crippen LogP) is 2.44. The number of carbonyl (C=O) groups excluding carboxylic acids is 1. The zero-order valence-corrected chi connectivity index (χ0v) is 13.9. The Labute approximate surface area is 141 Å². The molecule has 1 fully saturated rings. The lowest BCUT2D eigenvalue weighted by Gasteiger charge is -2.34. The molecule has 0 saturated carbocycles. The maximum absolute atomic E-state index is 13.0. The van der Waals surface area contributed by atoms with Crippen LogP contribution >= 0.6 is 0 Å². The van der Waals surface area contributed by atoms with Crippen molar-refractivity contribution in [3.8, 4) is 0 Å². The predicted molar refractivity (Wildman–Crippen MR) is 91.2 cm³/mol. The van der Waals surface area contributed by atoms with Crippen LogP contribution in [0.4, 0.5) is 10.1 Å². The molecule has 128 valence electrons. The third-order valence-corrected chi connectivity index (χ3v) is 4.50. The van der Waals surface area contributed by atoms with Gasteiger partial charge in [-0.1, -0.05) is 6.92 Å². The minimum atomic E-state index is -0.216. The van der Waals surface area contributed by atoms with Crippen molar-refractivity contribution < 1.29 is 9.18 Å². The molecule has 1 saturated heterocycles. The summed E-state index contributed by atoms with van der Waals surface area (Å²) in [5.41, 5.74) is 1.04. The first-order valence-electron chi connectivity index (χ1n) is 8.40. The Balaban J connectivity index is 1.46. The molecule has 0 bridgehead atoms. The van der Waals surface area contributed by atoms with E-state index in [2.05, 4.69) is 15.3 Å². The van der Waals surface area contributed by atoms with Gasteiger partial charge in [0.1, 0.15) is 5.82 Å². The number of rotatable bonds is 5. The molecular formula is C18H23FN4O. The molecule has 1 aromatic carbocycles. The third kappa shape index (κ3) is 4.13. The van der Waals surface area contributed by atoms with E-state index in [-0.39, 0.29) is 23.7 Å². The Bertz CT molecular complexity index is 648. The molecule has 2 aromatic rings. The fourth-order valence-corrected chi connectivity index (χ4v) is 3.05. The first-order chi connectivity index (χ1) is 11.6. The fourth-order valence-electron chi connectivity index (χ4n) is 3.05. The van der Waals surface area contributed by atoms with Crippen molar-refractivity contribution in [3.05, 3.63) is 48.5 Å². The van der Waals surface area contributed by atoms with E-state index >= 15 is 0 Å². The number of nitrogens with zero attached hydrogens (tertiary/aromatic N) is 3. The summed E-state index contributed by atoms with van der Waals surface area (Å²) in [6, 6.07) is 8.64. The molecule has 0 aliphatic carbocycles. The lowest BCUT2D eigenvalue weighted by molar-refractivity contribution is -0.125. The van der Waals surface area contributed by atoms with E-state index in [1.54, 1.807) is 23.0 Å². The largest absolute Gasteiger partial charge is 0.371 e. The highest BCUT2D eigenvalue weighted by molar-refractivity contribution is 5.78. The van der Waals surface area contributed by atoms with Crippen LogP contribution in [0.25, 0.3) is 0 Å². The maximum Gasteiger partial charge on any atom is 0.224 e. The van der Waals surface area contributed by atoms with Gasteiger partial charge in [-0.2, -0.15) is 5.10 Å². The summed E-state index contributed by atoms with van der Waals surface area (Å²) in [5, 5.41) is 7.28. The number of hydrogen-bond acceptors (Lipinski definition) is 3. The average Bonchev–Trinajstić information content (AvgIpc) is 3.09. The first kappa shape index (κ1) is 16.5. The normalized spacial score (nSPS) is 16.8. The summed E-state index contributed by atoms with van der Waals surface area (Å²) in [7, 11) is 0. The van der Waals surface area contributed by atoms with Crippen LogP contribution in [-0.2, 0) is 11.3 Å². The van der Waals surface area contributed by atoms with E-state index in [1.807, 2.05) is 19.2 Å². The Morgan fingerprint density at radius 1 is 1.33 bits per heavy atom. The number of amides is 1. The van der Waals surface area contributed by atoms with Crippen LogP contribution in [0.1, 0.15) is 19.8 Å². The van der Waals surface area contributed by atoms with Crippen molar-refractivity contribution >= 4 is 11.6 Å². The van der Waals surface area contributed by atoms with E-state index in [0.717, 1.165) is 31.6 Å². The highest BCUT2D eigenvalue weighted by Gasteiger charge is 2.23. The van der Waals surface area contributed by atoms with Crippen molar-refractivity contribution in [2.75, 3.05) is 18.0 Å². The average molecular weight is 330 g/mol. The molecule has 0 spiro atoms. The second kappa shape index (κ2) is 7.47. The van der Waals surface area contributed by atoms with E-state index in [0.29, 0.717) is 6.54 Å². The van der Waals surface area contributed by atoms with Crippen molar-refractivity contribution in [2.45, 2.75) is 32.4 Å². The number of hydrogen-bond donors (Lipinski definition) is 1. The van der Waals surface area contributed by atoms with Gasteiger partial charge in [0.2, 0.25) is 5.91 Å². The van der Waals surface area contributed by atoms with Gasteiger partial charge in [-0.3, -0.25) is 9.48 Å². The molecule has 6 heteroatoms. The third-order valence-electron chi connectivity index (χ3n) is 4.50. The van der Waals surface area contributed by atoms with Gasteiger partial charge in [0, 0.05) is 37.2 Å². The van der Waals surface area contributed by atoms with Crippen molar-refractivity contribution in [3.63, 3.8) is 0 Å².